The van der Waals surface area contributed by atoms with Gasteiger partial charge in [0.25, 0.3) is 0 Å². The van der Waals surface area contributed by atoms with Gasteiger partial charge in [-0.2, -0.15) is 0 Å². The van der Waals surface area contributed by atoms with E-state index >= 15 is 0 Å². The molecule has 0 saturated carbocycles. The standard InChI is InChI=1S/C20H28N2O3/c23-19(13-16-4-5-17-2-1-3-18(17)12-16)22-7-6-20(24,15-22)14-21-8-10-25-11-9-21/h4-5,12,24H,1-3,6-11,13-15H2. The summed E-state index contributed by atoms with van der Waals surface area (Å²) in [4.78, 5) is 16.8. The predicted octanol–water partition coefficient (Wildman–Crippen LogP) is 1.01. The largest absolute Gasteiger partial charge is 0.387 e. The number of aliphatic hydroxyl groups is 1. The molecule has 0 bridgehead atoms. The molecule has 3 aliphatic rings. The first kappa shape index (κ1) is 17.0. The second-order valence-electron chi connectivity index (χ2n) is 7.81. The number of likely N-dealkylation sites (tertiary alicyclic amines) is 1. The minimum absolute atomic E-state index is 0.135. The number of hydrogen-bond acceptors (Lipinski definition) is 4. The van der Waals surface area contributed by atoms with Crippen molar-refractivity contribution in [2.75, 3.05) is 45.9 Å². The van der Waals surface area contributed by atoms with Crippen LogP contribution >= 0.6 is 0 Å². The molecule has 1 aromatic rings. The molecule has 1 unspecified atom stereocenters. The van der Waals surface area contributed by atoms with Crippen molar-refractivity contribution in [2.45, 2.75) is 37.7 Å². The first-order chi connectivity index (χ1) is 12.1. The van der Waals surface area contributed by atoms with Crippen LogP contribution < -0.4 is 0 Å². The Morgan fingerprint density at radius 2 is 1.96 bits per heavy atom. The van der Waals surface area contributed by atoms with Crippen molar-refractivity contribution in [1.82, 2.24) is 9.80 Å². The Hall–Kier alpha value is -1.43. The van der Waals surface area contributed by atoms with E-state index in [1.807, 2.05) is 4.90 Å². The second-order valence-corrected chi connectivity index (χ2v) is 7.81. The fourth-order valence-electron chi connectivity index (χ4n) is 4.40. The van der Waals surface area contributed by atoms with Crippen LogP contribution in [0.3, 0.4) is 0 Å². The van der Waals surface area contributed by atoms with Gasteiger partial charge in [-0.3, -0.25) is 9.69 Å². The molecule has 0 radical (unpaired) electrons. The van der Waals surface area contributed by atoms with E-state index in [-0.39, 0.29) is 5.91 Å². The highest BCUT2D eigenvalue weighted by molar-refractivity contribution is 5.79. The summed E-state index contributed by atoms with van der Waals surface area (Å²) in [6.07, 6.45) is 4.65. The highest BCUT2D eigenvalue weighted by Crippen LogP contribution is 2.26. The number of ether oxygens (including phenoxy) is 1. The van der Waals surface area contributed by atoms with Crippen LogP contribution in [0.4, 0.5) is 0 Å². The summed E-state index contributed by atoms with van der Waals surface area (Å²) in [5.74, 6) is 0.135. The molecule has 1 N–H and O–H groups in total. The van der Waals surface area contributed by atoms with Gasteiger partial charge in [-0.25, -0.2) is 0 Å². The Labute approximate surface area is 149 Å². The third-order valence-electron chi connectivity index (χ3n) is 5.82. The molecule has 1 aliphatic carbocycles. The van der Waals surface area contributed by atoms with Gasteiger partial charge < -0.3 is 14.7 Å². The fourth-order valence-corrected chi connectivity index (χ4v) is 4.40. The van der Waals surface area contributed by atoms with E-state index in [4.69, 9.17) is 4.74 Å². The lowest BCUT2D eigenvalue weighted by Crippen LogP contribution is -2.49. The second kappa shape index (κ2) is 7.06. The first-order valence-corrected chi connectivity index (χ1v) is 9.52. The van der Waals surface area contributed by atoms with Crippen LogP contribution in [0.5, 0.6) is 0 Å². The van der Waals surface area contributed by atoms with Crippen molar-refractivity contribution in [3.8, 4) is 0 Å². The molecule has 5 heteroatoms. The molecule has 2 aliphatic heterocycles. The van der Waals surface area contributed by atoms with Gasteiger partial charge in [-0.05, 0) is 42.4 Å². The molecule has 136 valence electrons. The zero-order valence-electron chi connectivity index (χ0n) is 14.9. The molecule has 25 heavy (non-hydrogen) atoms. The van der Waals surface area contributed by atoms with Crippen LogP contribution in [0.1, 0.15) is 29.5 Å². The minimum Gasteiger partial charge on any atom is -0.387 e. The molecule has 4 rings (SSSR count). The SMILES string of the molecule is O=C(Cc1ccc2c(c1)CCC2)N1CCC(O)(CN2CCOCC2)C1. The van der Waals surface area contributed by atoms with Gasteiger partial charge in [0.1, 0.15) is 0 Å². The number of amides is 1. The number of nitrogens with zero attached hydrogens (tertiary/aromatic N) is 2. The van der Waals surface area contributed by atoms with Gasteiger partial charge in [0.15, 0.2) is 0 Å². The van der Waals surface area contributed by atoms with Crippen LogP contribution in [0.2, 0.25) is 0 Å². The summed E-state index contributed by atoms with van der Waals surface area (Å²) in [5, 5.41) is 10.9. The molecule has 0 aromatic heterocycles. The smallest absolute Gasteiger partial charge is 0.227 e. The average Bonchev–Trinajstić information content (AvgIpc) is 3.22. The van der Waals surface area contributed by atoms with E-state index in [9.17, 15) is 9.90 Å². The van der Waals surface area contributed by atoms with Crippen LogP contribution in [0.15, 0.2) is 18.2 Å². The van der Waals surface area contributed by atoms with Crippen molar-refractivity contribution in [2.24, 2.45) is 0 Å². The van der Waals surface area contributed by atoms with Crippen LogP contribution in [0.25, 0.3) is 0 Å². The fraction of sp³-hybridized carbons (Fsp3) is 0.650. The third-order valence-corrected chi connectivity index (χ3v) is 5.82. The maximum atomic E-state index is 12.7. The van der Waals surface area contributed by atoms with Gasteiger partial charge in [0, 0.05) is 26.2 Å². The quantitative estimate of drug-likeness (QED) is 0.886. The summed E-state index contributed by atoms with van der Waals surface area (Å²) >= 11 is 0. The van der Waals surface area contributed by atoms with E-state index in [1.165, 1.54) is 24.0 Å². The van der Waals surface area contributed by atoms with E-state index in [1.54, 1.807) is 0 Å². The molecule has 2 heterocycles. The maximum Gasteiger partial charge on any atom is 0.227 e. The number of carbonyl (C=O) groups is 1. The number of fused-ring (bicyclic) bond motifs is 1. The van der Waals surface area contributed by atoms with Crippen LogP contribution in [-0.2, 0) is 28.8 Å². The highest BCUT2D eigenvalue weighted by atomic mass is 16.5. The molecule has 2 saturated heterocycles. The first-order valence-electron chi connectivity index (χ1n) is 9.52. The Morgan fingerprint density at radius 1 is 1.16 bits per heavy atom. The Balaban J connectivity index is 1.33. The molecule has 0 spiro atoms. The topological polar surface area (TPSA) is 53.0 Å². The lowest BCUT2D eigenvalue weighted by atomic mass is 10.0. The lowest BCUT2D eigenvalue weighted by molar-refractivity contribution is -0.130. The number of hydrogen-bond donors (Lipinski definition) is 1. The maximum absolute atomic E-state index is 12.7. The molecule has 2 fully saturated rings. The molecule has 1 amide bonds. The minimum atomic E-state index is -0.773. The van der Waals surface area contributed by atoms with Crippen LogP contribution in [-0.4, -0.2) is 72.4 Å². The number of aryl methyl sites for hydroxylation is 2. The van der Waals surface area contributed by atoms with Crippen molar-refractivity contribution >= 4 is 5.91 Å². The summed E-state index contributed by atoms with van der Waals surface area (Å²) < 4.78 is 5.37. The number of morpholine rings is 1. The average molecular weight is 344 g/mol. The Morgan fingerprint density at radius 3 is 2.80 bits per heavy atom. The Kier molecular flexibility index (Phi) is 4.80. The monoisotopic (exact) mass is 344 g/mol. The van der Waals surface area contributed by atoms with E-state index < -0.39 is 5.60 Å². The number of benzene rings is 1. The van der Waals surface area contributed by atoms with Crippen molar-refractivity contribution in [3.05, 3.63) is 34.9 Å². The highest BCUT2D eigenvalue weighted by Gasteiger charge is 2.39. The third kappa shape index (κ3) is 3.89. The predicted molar refractivity (Wildman–Crippen MR) is 95.6 cm³/mol. The van der Waals surface area contributed by atoms with Gasteiger partial charge >= 0.3 is 0 Å². The number of carbonyl (C=O) groups excluding carboxylic acids is 1. The zero-order chi connectivity index (χ0) is 17.3. The molecular weight excluding hydrogens is 316 g/mol. The van der Waals surface area contributed by atoms with Crippen LogP contribution in [0, 0.1) is 0 Å². The molecule has 1 atom stereocenters. The zero-order valence-corrected chi connectivity index (χ0v) is 14.9. The summed E-state index contributed by atoms with van der Waals surface area (Å²) in [6.45, 7) is 4.95. The molecule has 1 aromatic carbocycles. The van der Waals surface area contributed by atoms with Crippen molar-refractivity contribution in [3.63, 3.8) is 0 Å². The van der Waals surface area contributed by atoms with Crippen molar-refractivity contribution in [1.29, 1.82) is 0 Å². The van der Waals surface area contributed by atoms with Gasteiger partial charge in [-0.15, -0.1) is 0 Å². The van der Waals surface area contributed by atoms with Crippen molar-refractivity contribution < 1.29 is 14.6 Å². The summed E-state index contributed by atoms with van der Waals surface area (Å²) in [7, 11) is 0. The molecule has 5 nitrogen and oxygen atoms in total. The van der Waals surface area contributed by atoms with Gasteiger partial charge in [0.2, 0.25) is 5.91 Å². The number of β-amino-alcohol motifs (C(OH)–C–C–N with tert-alkyl or cyclic N) is 1. The Bertz CT molecular complexity index is 642. The molecular formula is C20H28N2O3. The normalized spacial score (nSPS) is 26.8. The van der Waals surface area contributed by atoms with Gasteiger partial charge in [-0.1, -0.05) is 18.2 Å². The summed E-state index contributed by atoms with van der Waals surface area (Å²) in [5.41, 5.74) is 3.19. The van der Waals surface area contributed by atoms with Gasteiger partial charge in [0.05, 0.1) is 31.8 Å². The number of rotatable bonds is 4. The lowest BCUT2D eigenvalue weighted by Gasteiger charge is -2.33. The van der Waals surface area contributed by atoms with E-state index in [0.717, 1.165) is 38.3 Å². The van der Waals surface area contributed by atoms with E-state index in [0.29, 0.717) is 32.5 Å². The summed E-state index contributed by atoms with van der Waals surface area (Å²) in [6, 6.07) is 6.48. The van der Waals surface area contributed by atoms with E-state index in [2.05, 4.69) is 23.1 Å².